The highest BCUT2D eigenvalue weighted by molar-refractivity contribution is 7.45. The lowest BCUT2D eigenvalue weighted by Crippen LogP contribution is -1.69. The van der Waals surface area contributed by atoms with Crippen molar-refractivity contribution < 1.29 is 29.8 Å². The quantitative estimate of drug-likeness (QED) is 0.366. The maximum Gasteiger partial charge on any atom is 0.466 e. The topological polar surface area (TPSA) is 129 Å². The molecule has 66 valence electrons. The van der Waals surface area contributed by atoms with Gasteiger partial charge in [-0.2, -0.15) is 0 Å². The Morgan fingerprint density at radius 1 is 1.30 bits per heavy atom. The average molecular weight is 176 g/mol. The van der Waals surface area contributed by atoms with E-state index in [-0.39, 0.29) is 5.48 Å². The summed E-state index contributed by atoms with van der Waals surface area (Å²) >= 11 is 0. The zero-order valence-corrected chi connectivity index (χ0v) is 6.45. The summed E-state index contributed by atoms with van der Waals surface area (Å²) in [4.78, 5) is 21.6. The van der Waals surface area contributed by atoms with E-state index in [1.165, 1.54) is 0 Å². The van der Waals surface area contributed by atoms with Crippen LogP contribution in [-0.4, -0.2) is 31.9 Å². The summed E-state index contributed by atoms with van der Waals surface area (Å²) in [5.74, 6) is 0. The van der Waals surface area contributed by atoms with Gasteiger partial charge in [0.15, 0.2) is 0 Å². The third kappa shape index (κ3) is 374. The van der Waals surface area contributed by atoms with Gasteiger partial charge in [0.1, 0.15) is 0 Å². The molecule has 0 amide bonds. The van der Waals surface area contributed by atoms with Gasteiger partial charge in [-0.05, 0) is 6.42 Å². The molecule has 0 saturated carbocycles. The Morgan fingerprint density at radius 3 is 1.40 bits per heavy atom. The summed E-state index contributed by atoms with van der Waals surface area (Å²) in [5, 5.41) is 7.88. The SMILES string of the molecule is CCCO.O.O=P(O)(O)O. The van der Waals surface area contributed by atoms with Crippen molar-refractivity contribution in [3.05, 3.63) is 0 Å². The van der Waals surface area contributed by atoms with Crippen molar-refractivity contribution in [3.63, 3.8) is 0 Å². The molecule has 0 rings (SSSR count). The van der Waals surface area contributed by atoms with Gasteiger partial charge in [0.05, 0.1) is 0 Å². The maximum absolute atomic E-state index is 8.88. The van der Waals surface area contributed by atoms with Crippen molar-refractivity contribution in [2.24, 2.45) is 0 Å². The fourth-order valence-electron chi connectivity index (χ4n) is 0. The van der Waals surface area contributed by atoms with E-state index in [1.807, 2.05) is 6.92 Å². The van der Waals surface area contributed by atoms with Crippen LogP contribution in [0.1, 0.15) is 13.3 Å². The van der Waals surface area contributed by atoms with Crippen LogP contribution in [0, 0.1) is 0 Å². The molecule has 0 spiro atoms. The van der Waals surface area contributed by atoms with E-state index >= 15 is 0 Å². The molecule has 0 aliphatic heterocycles. The van der Waals surface area contributed by atoms with E-state index in [4.69, 9.17) is 24.4 Å². The number of aliphatic hydroxyl groups is 1. The van der Waals surface area contributed by atoms with Crippen molar-refractivity contribution in [1.82, 2.24) is 0 Å². The smallest absolute Gasteiger partial charge is 0.412 e. The summed E-state index contributed by atoms with van der Waals surface area (Å²) in [6.45, 7) is 2.25. The molecular formula is C3H13O6P. The predicted octanol–water partition coefficient (Wildman–Crippen LogP) is -1.36. The number of hydrogen-bond acceptors (Lipinski definition) is 2. The molecule has 6 N–H and O–H groups in total. The van der Waals surface area contributed by atoms with Crippen LogP contribution in [-0.2, 0) is 4.57 Å². The highest BCUT2D eigenvalue weighted by Crippen LogP contribution is 2.25. The summed E-state index contributed by atoms with van der Waals surface area (Å²) < 4.78 is 8.88. The standard InChI is InChI=1S/C3H8O.H3O4P.H2O/c1-2-3-4;1-5(2,3)4;/h4H,2-3H2,1H3;(H3,1,2,3,4);1H2. The second-order valence-electron chi connectivity index (χ2n) is 1.24. The minimum absolute atomic E-state index is 0. The Kier molecular flexibility index (Phi) is 14.9. The minimum Gasteiger partial charge on any atom is -0.412 e. The molecule has 0 heterocycles. The van der Waals surface area contributed by atoms with Gasteiger partial charge in [0.25, 0.3) is 0 Å². The van der Waals surface area contributed by atoms with Gasteiger partial charge in [-0.3, -0.25) is 0 Å². The molecule has 0 unspecified atom stereocenters. The molecule has 0 atom stereocenters. The van der Waals surface area contributed by atoms with E-state index < -0.39 is 7.82 Å². The van der Waals surface area contributed by atoms with Crippen molar-refractivity contribution >= 4 is 7.82 Å². The molecule has 0 aliphatic rings. The molecule has 0 saturated heterocycles. The molecule has 0 bridgehead atoms. The second kappa shape index (κ2) is 9.03. The number of rotatable bonds is 1. The maximum atomic E-state index is 8.88. The van der Waals surface area contributed by atoms with Gasteiger partial charge in [-0.25, -0.2) is 4.57 Å². The van der Waals surface area contributed by atoms with Crippen LogP contribution in [0.15, 0.2) is 0 Å². The normalized spacial score (nSPS) is 8.90. The molecule has 0 aromatic carbocycles. The first-order valence-corrected chi connectivity index (χ1v) is 3.87. The van der Waals surface area contributed by atoms with Crippen molar-refractivity contribution in [2.45, 2.75) is 13.3 Å². The molecule has 6 nitrogen and oxygen atoms in total. The first-order chi connectivity index (χ1) is 3.91. The first kappa shape index (κ1) is 16.5. The fourth-order valence-corrected chi connectivity index (χ4v) is 0. The summed E-state index contributed by atoms with van der Waals surface area (Å²) in [6.07, 6.45) is 0.875. The van der Waals surface area contributed by atoms with Crippen molar-refractivity contribution in [1.29, 1.82) is 0 Å². The Bertz CT molecular complexity index is 76.7. The van der Waals surface area contributed by atoms with Gasteiger partial charge in [0.2, 0.25) is 0 Å². The highest BCUT2D eigenvalue weighted by atomic mass is 31.2. The van der Waals surface area contributed by atoms with Crippen LogP contribution in [0.4, 0.5) is 0 Å². The highest BCUT2D eigenvalue weighted by Gasteiger charge is 2.00. The van der Waals surface area contributed by atoms with Gasteiger partial charge in [-0.1, -0.05) is 6.92 Å². The molecule has 0 aliphatic carbocycles. The zero-order chi connectivity index (χ0) is 7.91. The molecule has 0 radical (unpaired) electrons. The Hall–Kier alpha value is 0.0300. The Balaban J connectivity index is -0.0000000910. The lowest BCUT2D eigenvalue weighted by atomic mass is 10.5. The number of phosphoric acid groups is 1. The molecule has 7 heteroatoms. The lowest BCUT2D eigenvalue weighted by molar-refractivity contribution is 0.275. The molecule has 0 aromatic heterocycles. The molecule has 10 heavy (non-hydrogen) atoms. The summed E-state index contributed by atoms with van der Waals surface area (Å²) in [7, 11) is -4.64. The van der Waals surface area contributed by atoms with Crippen molar-refractivity contribution in [3.8, 4) is 0 Å². The largest absolute Gasteiger partial charge is 0.466 e. The van der Waals surface area contributed by atoms with Gasteiger partial charge < -0.3 is 25.3 Å². The van der Waals surface area contributed by atoms with E-state index in [9.17, 15) is 0 Å². The zero-order valence-electron chi connectivity index (χ0n) is 5.56. The average Bonchev–Trinajstić information content (AvgIpc) is 1.61. The Morgan fingerprint density at radius 2 is 1.40 bits per heavy atom. The van der Waals surface area contributed by atoms with E-state index in [0.29, 0.717) is 6.61 Å². The van der Waals surface area contributed by atoms with Crippen LogP contribution in [0.2, 0.25) is 0 Å². The lowest BCUT2D eigenvalue weighted by Gasteiger charge is -1.82. The fraction of sp³-hybridized carbons (Fsp3) is 1.00. The van der Waals surface area contributed by atoms with Crippen LogP contribution in [0.3, 0.4) is 0 Å². The van der Waals surface area contributed by atoms with Gasteiger partial charge in [-0.15, -0.1) is 0 Å². The predicted molar refractivity (Wildman–Crippen MR) is 35.3 cm³/mol. The van der Waals surface area contributed by atoms with Crippen LogP contribution in [0.5, 0.6) is 0 Å². The first-order valence-electron chi connectivity index (χ1n) is 2.31. The summed E-state index contributed by atoms with van der Waals surface area (Å²) in [6, 6.07) is 0. The van der Waals surface area contributed by atoms with Crippen LogP contribution in [0.25, 0.3) is 0 Å². The van der Waals surface area contributed by atoms with E-state index in [2.05, 4.69) is 0 Å². The van der Waals surface area contributed by atoms with E-state index in [0.717, 1.165) is 6.42 Å². The molecule has 0 fully saturated rings. The number of hydrogen-bond donors (Lipinski definition) is 4. The second-order valence-corrected chi connectivity index (χ2v) is 2.26. The molecular weight excluding hydrogens is 163 g/mol. The molecule has 0 aromatic rings. The van der Waals surface area contributed by atoms with Gasteiger partial charge >= 0.3 is 7.82 Å². The van der Waals surface area contributed by atoms with Gasteiger partial charge in [0, 0.05) is 6.61 Å². The third-order valence-electron chi connectivity index (χ3n) is 0.224. The van der Waals surface area contributed by atoms with Crippen molar-refractivity contribution in [2.75, 3.05) is 6.61 Å². The third-order valence-corrected chi connectivity index (χ3v) is 0.224. The summed E-state index contributed by atoms with van der Waals surface area (Å²) in [5.41, 5.74) is 0. The minimum atomic E-state index is -4.64. The number of aliphatic hydroxyl groups excluding tert-OH is 1. The Labute approximate surface area is 58.7 Å². The van der Waals surface area contributed by atoms with Crippen LogP contribution >= 0.6 is 7.82 Å². The van der Waals surface area contributed by atoms with Crippen LogP contribution < -0.4 is 0 Å². The monoisotopic (exact) mass is 176 g/mol. The van der Waals surface area contributed by atoms with E-state index in [1.54, 1.807) is 0 Å².